The predicted molar refractivity (Wildman–Crippen MR) is 111 cm³/mol. The topological polar surface area (TPSA) is 29.5 Å². The minimum Gasteiger partial charge on any atom is -0.486 e. The molecule has 27 heavy (non-hydrogen) atoms. The van der Waals surface area contributed by atoms with Gasteiger partial charge in [0.1, 0.15) is 12.9 Å². The van der Waals surface area contributed by atoms with E-state index < -0.39 is 11.7 Å². The maximum absolute atomic E-state index is 14.4. The van der Waals surface area contributed by atoms with Crippen molar-refractivity contribution in [3.05, 3.63) is 88.7 Å². The molecule has 2 aromatic rings. The molecule has 2 aromatic carbocycles. The molecule has 0 amide bonds. The summed E-state index contributed by atoms with van der Waals surface area (Å²) in [6.45, 7) is 5.54. The number of carbonyl (C=O) groups is 1. The fraction of sp³-hybridized carbons (Fsp3) is 0.227. The number of hydrogen-bond acceptors (Lipinski definition) is 3. The highest BCUT2D eigenvalue weighted by atomic mass is 79.9. The summed E-state index contributed by atoms with van der Waals surface area (Å²) >= 11 is 3.37. The van der Waals surface area contributed by atoms with Crippen molar-refractivity contribution in [1.82, 2.24) is 4.90 Å². The van der Waals surface area contributed by atoms with E-state index in [1.165, 1.54) is 6.07 Å². The van der Waals surface area contributed by atoms with Crippen LogP contribution in [0.15, 0.2) is 71.7 Å². The molecule has 0 bridgehead atoms. The van der Waals surface area contributed by atoms with Gasteiger partial charge in [-0.2, -0.15) is 0 Å². The molecular formula is C22H23BrFNO2. The lowest BCUT2D eigenvalue weighted by molar-refractivity contribution is -0.108. The van der Waals surface area contributed by atoms with Crippen LogP contribution in [0.1, 0.15) is 17.0 Å². The Hall–Kier alpha value is -2.24. The number of benzene rings is 2. The molecule has 0 N–H and O–H groups in total. The third kappa shape index (κ3) is 6.45. The minimum atomic E-state index is -0.512. The Morgan fingerprint density at radius 3 is 2.48 bits per heavy atom. The summed E-state index contributed by atoms with van der Waals surface area (Å²) in [7, 11) is 1.99. The van der Waals surface area contributed by atoms with Gasteiger partial charge in [0, 0.05) is 17.6 Å². The van der Waals surface area contributed by atoms with Crippen LogP contribution in [-0.4, -0.2) is 37.9 Å². The second-order valence-corrected chi connectivity index (χ2v) is 7.06. The van der Waals surface area contributed by atoms with Crippen LogP contribution in [0, 0.1) is 5.82 Å². The molecule has 5 heteroatoms. The lowest BCUT2D eigenvalue weighted by Crippen LogP contribution is -2.17. The Kier molecular flexibility index (Phi) is 8.43. The van der Waals surface area contributed by atoms with Crippen molar-refractivity contribution in [1.29, 1.82) is 0 Å². The highest BCUT2D eigenvalue weighted by Gasteiger charge is 2.15. The second kappa shape index (κ2) is 10.8. The zero-order valence-corrected chi connectivity index (χ0v) is 16.9. The molecule has 2 rings (SSSR count). The lowest BCUT2D eigenvalue weighted by atomic mass is 9.92. The Balaban J connectivity index is 1.99. The number of aldehydes is 1. The maximum atomic E-state index is 14.4. The van der Waals surface area contributed by atoms with Crippen LogP contribution in [0.5, 0.6) is 5.75 Å². The number of rotatable bonds is 10. The van der Waals surface area contributed by atoms with E-state index >= 15 is 0 Å². The van der Waals surface area contributed by atoms with Crippen LogP contribution < -0.4 is 4.74 Å². The maximum Gasteiger partial charge on any atom is 0.165 e. The van der Waals surface area contributed by atoms with Crippen LogP contribution >= 0.6 is 15.9 Å². The number of carbonyl (C=O) groups excluding carboxylic acids is 1. The van der Waals surface area contributed by atoms with E-state index in [0.717, 1.165) is 29.4 Å². The number of halogens is 2. The van der Waals surface area contributed by atoms with E-state index in [2.05, 4.69) is 27.4 Å². The van der Waals surface area contributed by atoms with Gasteiger partial charge in [-0.25, -0.2) is 4.39 Å². The molecule has 3 nitrogen and oxygen atoms in total. The van der Waals surface area contributed by atoms with Crippen LogP contribution in [-0.2, 0) is 4.79 Å². The third-order valence-electron chi connectivity index (χ3n) is 4.04. The average Bonchev–Trinajstić information content (AvgIpc) is 2.65. The quantitative estimate of drug-likeness (QED) is 0.392. The van der Waals surface area contributed by atoms with E-state index in [9.17, 15) is 9.18 Å². The van der Waals surface area contributed by atoms with Gasteiger partial charge in [-0.05, 0) is 42.4 Å². The molecule has 142 valence electrons. The summed E-state index contributed by atoms with van der Waals surface area (Å²) in [5.41, 5.74) is 1.41. The molecule has 0 aliphatic carbocycles. The largest absolute Gasteiger partial charge is 0.486 e. The van der Waals surface area contributed by atoms with Gasteiger partial charge in [0.2, 0.25) is 0 Å². The first kappa shape index (κ1) is 21.1. The van der Waals surface area contributed by atoms with Crippen LogP contribution in [0.2, 0.25) is 0 Å². The zero-order valence-electron chi connectivity index (χ0n) is 15.3. The monoisotopic (exact) mass is 431 g/mol. The second-order valence-electron chi connectivity index (χ2n) is 6.15. The molecule has 1 unspecified atom stereocenters. The highest BCUT2D eigenvalue weighted by molar-refractivity contribution is 9.10. The molecule has 0 radical (unpaired) electrons. The molecule has 0 aromatic heterocycles. The number of ether oxygens (including phenoxy) is 1. The average molecular weight is 432 g/mol. The first-order valence-electron chi connectivity index (χ1n) is 8.62. The van der Waals surface area contributed by atoms with E-state index in [1.807, 2.05) is 49.5 Å². The van der Waals surface area contributed by atoms with Crippen molar-refractivity contribution in [2.75, 3.05) is 26.7 Å². The van der Waals surface area contributed by atoms with Crippen LogP contribution in [0.3, 0.4) is 0 Å². The first-order chi connectivity index (χ1) is 13.0. The van der Waals surface area contributed by atoms with Gasteiger partial charge in [-0.1, -0.05) is 52.4 Å². The van der Waals surface area contributed by atoms with Crippen molar-refractivity contribution >= 4 is 22.2 Å². The van der Waals surface area contributed by atoms with Crippen molar-refractivity contribution in [2.45, 2.75) is 5.92 Å². The molecule has 0 aliphatic rings. The number of nitrogens with zero attached hydrogens (tertiary/aromatic N) is 1. The predicted octanol–water partition coefficient (Wildman–Crippen LogP) is 4.97. The van der Waals surface area contributed by atoms with Crippen LogP contribution in [0.25, 0.3) is 0 Å². The van der Waals surface area contributed by atoms with Gasteiger partial charge in [0.15, 0.2) is 11.6 Å². The molecular weight excluding hydrogens is 409 g/mol. The van der Waals surface area contributed by atoms with E-state index in [-0.39, 0.29) is 12.4 Å². The fourth-order valence-electron chi connectivity index (χ4n) is 2.60. The van der Waals surface area contributed by atoms with E-state index in [1.54, 1.807) is 12.1 Å². The summed E-state index contributed by atoms with van der Waals surface area (Å²) in [4.78, 5) is 13.6. The van der Waals surface area contributed by atoms with Gasteiger partial charge >= 0.3 is 0 Å². The van der Waals surface area contributed by atoms with Crippen molar-refractivity contribution in [3.8, 4) is 5.75 Å². The summed E-state index contributed by atoms with van der Waals surface area (Å²) in [6, 6.07) is 12.1. The standard InChI is InChI=1S/C22H23BrFNO2/c1-3-12-25(2)13-4-5-14-27-22-11-8-18(15-21(22)24)20(16-26)17-6-9-19(23)10-7-17/h3-11,15-16,20H,1,12-14H2,2H3/b5-4+. The number of likely N-dealkylation sites (N-methyl/N-ethyl adjacent to an activating group) is 1. The number of hydrogen-bond donors (Lipinski definition) is 0. The third-order valence-corrected chi connectivity index (χ3v) is 4.57. The van der Waals surface area contributed by atoms with Gasteiger partial charge in [-0.3, -0.25) is 4.90 Å². The normalized spacial score (nSPS) is 12.3. The lowest BCUT2D eigenvalue weighted by Gasteiger charge is -2.13. The van der Waals surface area contributed by atoms with Gasteiger partial charge in [-0.15, -0.1) is 6.58 Å². The Labute approximate surface area is 168 Å². The molecule has 0 saturated carbocycles. The Morgan fingerprint density at radius 1 is 1.15 bits per heavy atom. The zero-order chi connectivity index (χ0) is 19.6. The summed E-state index contributed by atoms with van der Waals surface area (Å²) in [6.07, 6.45) is 6.47. The van der Waals surface area contributed by atoms with Crippen molar-refractivity contribution in [3.63, 3.8) is 0 Å². The van der Waals surface area contributed by atoms with E-state index in [4.69, 9.17) is 4.74 Å². The first-order valence-corrected chi connectivity index (χ1v) is 9.42. The van der Waals surface area contributed by atoms with E-state index in [0.29, 0.717) is 5.56 Å². The van der Waals surface area contributed by atoms with Crippen LogP contribution in [0.4, 0.5) is 4.39 Å². The Bertz CT molecular complexity index is 789. The van der Waals surface area contributed by atoms with Crippen molar-refractivity contribution in [2.24, 2.45) is 0 Å². The molecule has 0 aliphatic heterocycles. The van der Waals surface area contributed by atoms with Crippen molar-refractivity contribution < 1.29 is 13.9 Å². The smallest absolute Gasteiger partial charge is 0.165 e. The molecule has 0 saturated heterocycles. The van der Waals surface area contributed by atoms with Gasteiger partial charge in [0.05, 0.1) is 5.92 Å². The Morgan fingerprint density at radius 2 is 1.85 bits per heavy atom. The van der Waals surface area contributed by atoms with Gasteiger partial charge < -0.3 is 9.53 Å². The molecule has 1 atom stereocenters. The highest BCUT2D eigenvalue weighted by Crippen LogP contribution is 2.28. The SMILES string of the molecule is C=CCN(C)C/C=C/COc1ccc(C(C=O)c2ccc(Br)cc2)cc1F. The molecule has 0 heterocycles. The molecule has 0 fully saturated rings. The summed E-state index contributed by atoms with van der Waals surface area (Å²) < 4.78 is 20.8. The summed E-state index contributed by atoms with van der Waals surface area (Å²) in [5, 5.41) is 0. The minimum absolute atomic E-state index is 0.170. The fourth-order valence-corrected chi connectivity index (χ4v) is 2.87. The summed E-state index contributed by atoms with van der Waals surface area (Å²) in [5.74, 6) is -0.820. The van der Waals surface area contributed by atoms with Gasteiger partial charge in [0.25, 0.3) is 0 Å². The molecule has 0 spiro atoms.